The van der Waals surface area contributed by atoms with Gasteiger partial charge in [0.05, 0.1) is 12.2 Å². The smallest absolute Gasteiger partial charge is 0.123 e. The molecule has 1 atom stereocenters. The number of hydrogen-bond acceptors (Lipinski definition) is 2. The number of alkyl halides is 1. The van der Waals surface area contributed by atoms with Crippen molar-refractivity contribution in [3.63, 3.8) is 0 Å². The summed E-state index contributed by atoms with van der Waals surface area (Å²) in [6, 6.07) is 0. The van der Waals surface area contributed by atoms with E-state index in [2.05, 4.69) is 20.8 Å². The van der Waals surface area contributed by atoms with Crippen LogP contribution in [0.15, 0.2) is 0 Å². The first-order valence-corrected chi connectivity index (χ1v) is 7.84. The molecule has 0 aromatic carbocycles. The van der Waals surface area contributed by atoms with Crippen LogP contribution in [0.1, 0.15) is 78.6 Å². The van der Waals surface area contributed by atoms with Crippen LogP contribution in [0.3, 0.4) is 0 Å². The second-order valence-corrected chi connectivity index (χ2v) is 6.36. The van der Waals surface area contributed by atoms with Gasteiger partial charge in [0.25, 0.3) is 0 Å². The van der Waals surface area contributed by atoms with Crippen LogP contribution in [0.25, 0.3) is 0 Å². The molecule has 0 aromatic heterocycles. The molecule has 19 heavy (non-hydrogen) atoms. The van der Waals surface area contributed by atoms with E-state index in [-0.39, 0.29) is 12.2 Å². The van der Waals surface area contributed by atoms with Gasteiger partial charge in [0, 0.05) is 6.61 Å². The fourth-order valence-electron chi connectivity index (χ4n) is 2.00. The van der Waals surface area contributed by atoms with Gasteiger partial charge in [-0.15, -0.1) is 0 Å². The largest absolute Gasteiger partial charge is 0.393 e. The summed E-state index contributed by atoms with van der Waals surface area (Å²) < 4.78 is 18.4. The number of hydrogen-bond donors (Lipinski definition) is 1. The van der Waals surface area contributed by atoms with Crippen LogP contribution in [0.5, 0.6) is 0 Å². The molecule has 0 radical (unpaired) electrons. The first-order valence-electron chi connectivity index (χ1n) is 7.84. The molecule has 0 bridgehead atoms. The topological polar surface area (TPSA) is 29.5 Å². The fourth-order valence-corrected chi connectivity index (χ4v) is 2.00. The molecule has 0 fully saturated rings. The minimum atomic E-state index is -1.01. The zero-order valence-corrected chi connectivity index (χ0v) is 13.1. The molecule has 3 heteroatoms. The standard InChI is InChI=1S/C16H33FO2/c1-16(2,3)19-13-11-9-7-5-4-6-8-10-12-15(17)14-18/h15,18H,4-14H2,1-3H3. The molecule has 0 aliphatic heterocycles. The van der Waals surface area contributed by atoms with Crippen molar-refractivity contribution in [3.05, 3.63) is 0 Å². The van der Waals surface area contributed by atoms with Gasteiger partial charge in [0.1, 0.15) is 6.17 Å². The molecule has 0 aromatic rings. The SMILES string of the molecule is CC(C)(C)OCCCCCCCCCCC(F)CO. The molecule has 0 saturated carbocycles. The molecule has 1 N–H and O–H groups in total. The summed E-state index contributed by atoms with van der Waals surface area (Å²) in [6.07, 6.45) is 8.87. The summed E-state index contributed by atoms with van der Waals surface area (Å²) in [7, 11) is 0. The highest BCUT2D eigenvalue weighted by molar-refractivity contribution is 4.58. The highest BCUT2D eigenvalue weighted by atomic mass is 19.1. The van der Waals surface area contributed by atoms with E-state index in [1.54, 1.807) is 0 Å². The van der Waals surface area contributed by atoms with Crippen LogP contribution in [-0.2, 0) is 4.74 Å². The van der Waals surface area contributed by atoms with Crippen molar-refractivity contribution in [2.24, 2.45) is 0 Å². The number of ether oxygens (including phenoxy) is 1. The van der Waals surface area contributed by atoms with Crippen LogP contribution in [0.2, 0.25) is 0 Å². The maximum absolute atomic E-state index is 12.7. The second-order valence-electron chi connectivity index (χ2n) is 6.36. The molecule has 0 saturated heterocycles. The van der Waals surface area contributed by atoms with Gasteiger partial charge in [0.2, 0.25) is 0 Å². The van der Waals surface area contributed by atoms with Crippen LogP contribution >= 0.6 is 0 Å². The second kappa shape index (κ2) is 11.7. The van der Waals surface area contributed by atoms with Gasteiger partial charge in [-0.2, -0.15) is 0 Å². The lowest BCUT2D eigenvalue weighted by Crippen LogP contribution is -2.19. The molecular weight excluding hydrogens is 243 g/mol. The van der Waals surface area contributed by atoms with E-state index in [1.165, 1.54) is 32.1 Å². The molecule has 0 rings (SSSR count). The van der Waals surface area contributed by atoms with Gasteiger partial charge < -0.3 is 9.84 Å². The Balaban J connectivity index is 3.07. The summed E-state index contributed by atoms with van der Waals surface area (Å²) in [6.45, 7) is 6.81. The monoisotopic (exact) mass is 276 g/mol. The first kappa shape index (κ1) is 18.9. The van der Waals surface area contributed by atoms with Crippen molar-refractivity contribution < 1.29 is 14.2 Å². The van der Waals surface area contributed by atoms with Crippen LogP contribution in [-0.4, -0.2) is 30.1 Å². The normalized spacial score (nSPS) is 13.7. The predicted octanol–water partition coefficient (Wildman–Crippen LogP) is 4.64. The van der Waals surface area contributed by atoms with E-state index in [4.69, 9.17) is 9.84 Å². The third-order valence-corrected chi connectivity index (χ3v) is 3.14. The molecule has 0 spiro atoms. The van der Waals surface area contributed by atoms with E-state index < -0.39 is 6.17 Å². The lowest BCUT2D eigenvalue weighted by Gasteiger charge is -2.19. The van der Waals surface area contributed by atoms with Crippen molar-refractivity contribution in [1.29, 1.82) is 0 Å². The molecule has 1 unspecified atom stereocenters. The predicted molar refractivity (Wildman–Crippen MR) is 79.2 cm³/mol. The quantitative estimate of drug-likeness (QED) is 0.526. The fraction of sp³-hybridized carbons (Fsp3) is 1.00. The van der Waals surface area contributed by atoms with Gasteiger partial charge in [-0.3, -0.25) is 0 Å². The number of aliphatic hydroxyl groups excluding tert-OH is 1. The van der Waals surface area contributed by atoms with E-state index in [9.17, 15) is 4.39 Å². The Kier molecular flexibility index (Phi) is 11.6. The molecule has 0 aliphatic rings. The Morgan fingerprint density at radius 1 is 0.895 bits per heavy atom. The molecule has 0 heterocycles. The number of unbranched alkanes of at least 4 members (excludes halogenated alkanes) is 7. The minimum absolute atomic E-state index is 0.0111. The molecule has 0 aliphatic carbocycles. The number of halogens is 1. The number of rotatable bonds is 12. The van der Waals surface area contributed by atoms with Gasteiger partial charge in [-0.25, -0.2) is 4.39 Å². The average Bonchev–Trinajstić information content (AvgIpc) is 2.34. The van der Waals surface area contributed by atoms with Gasteiger partial charge in [-0.1, -0.05) is 44.9 Å². The van der Waals surface area contributed by atoms with E-state index in [0.717, 1.165) is 25.9 Å². The lowest BCUT2D eigenvalue weighted by atomic mass is 10.1. The van der Waals surface area contributed by atoms with E-state index in [0.29, 0.717) is 6.42 Å². The zero-order chi connectivity index (χ0) is 14.6. The first-order chi connectivity index (χ1) is 8.95. The third kappa shape index (κ3) is 15.8. The van der Waals surface area contributed by atoms with Crippen molar-refractivity contribution in [2.45, 2.75) is 90.3 Å². The van der Waals surface area contributed by atoms with Crippen LogP contribution in [0.4, 0.5) is 4.39 Å². The van der Waals surface area contributed by atoms with Crippen molar-refractivity contribution in [2.75, 3.05) is 13.2 Å². The summed E-state index contributed by atoms with van der Waals surface area (Å²) in [5.74, 6) is 0. The van der Waals surface area contributed by atoms with Crippen LogP contribution < -0.4 is 0 Å². The average molecular weight is 276 g/mol. The summed E-state index contributed by atoms with van der Waals surface area (Å²) in [5.41, 5.74) is -0.0111. The summed E-state index contributed by atoms with van der Waals surface area (Å²) in [5, 5.41) is 8.54. The lowest BCUT2D eigenvalue weighted by molar-refractivity contribution is -0.00475. The molecule has 2 nitrogen and oxygen atoms in total. The van der Waals surface area contributed by atoms with Crippen molar-refractivity contribution in [3.8, 4) is 0 Å². The summed E-state index contributed by atoms with van der Waals surface area (Å²) >= 11 is 0. The Hall–Kier alpha value is -0.150. The van der Waals surface area contributed by atoms with Gasteiger partial charge >= 0.3 is 0 Å². The van der Waals surface area contributed by atoms with Gasteiger partial charge in [-0.05, 0) is 33.6 Å². The maximum Gasteiger partial charge on any atom is 0.123 e. The molecule has 0 amide bonds. The Labute approximate surface area is 118 Å². The third-order valence-electron chi connectivity index (χ3n) is 3.14. The minimum Gasteiger partial charge on any atom is -0.393 e. The molecule has 116 valence electrons. The summed E-state index contributed by atoms with van der Waals surface area (Å²) in [4.78, 5) is 0. The van der Waals surface area contributed by atoms with E-state index >= 15 is 0 Å². The molecular formula is C16H33FO2. The Morgan fingerprint density at radius 2 is 1.37 bits per heavy atom. The maximum atomic E-state index is 12.7. The van der Waals surface area contributed by atoms with Crippen molar-refractivity contribution >= 4 is 0 Å². The highest BCUT2D eigenvalue weighted by Crippen LogP contribution is 2.13. The number of aliphatic hydroxyl groups is 1. The Morgan fingerprint density at radius 3 is 1.84 bits per heavy atom. The van der Waals surface area contributed by atoms with Crippen LogP contribution in [0, 0.1) is 0 Å². The van der Waals surface area contributed by atoms with Crippen molar-refractivity contribution in [1.82, 2.24) is 0 Å². The zero-order valence-electron chi connectivity index (χ0n) is 13.1. The van der Waals surface area contributed by atoms with Gasteiger partial charge in [0.15, 0.2) is 0 Å². The van der Waals surface area contributed by atoms with E-state index in [1.807, 2.05) is 0 Å². The highest BCUT2D eigenvalue weighted by Gasteiger charge is 2.08. The Bertz CT molecular complexity index is 190.